The fraction of sp³-hybridized carbons (Fsp3) is 0.385. The molecule has 1 aromatic carbocycles. The number of aromatic nitrogens is 1. The van der Waals surface area contributed by atoms with Crippen molar-refractivity contribution in [1.29, 1.82) is 0 Å². The van der Waals surface area contributed by atoms with E-state index >= 15 is 0 Å². The first-order valence-corrected chi connectivity index (χ1v) is 6.94. The van der Waals surface area contributed by atoms with Gasteiger partial charge in [-0.3, -0.25) is 0 Å². The van der Waals surface area contributed by atoms with Crippen LogP contribution in [0.5, 0.6) is 0 Å². The Morgan fingerprint density at radius 1 is 1.50 bits per heavy atom. The van der Waals surface area contributed by atoms with Gasteiger partial charge in [-0.15, -0.1) is 11.3 Å². The van der Waals surface area contributed by atoms with Crippen molar-refractivity contribution in [2.24, 2.45) is 5.92 Å². The van der Waals surface area contributed by atoms with Gasteiger partial charge in [0.1, 0.15) is 0 Å². The Morgan fingerprint density at radius 2 is 2.33 bits per heavy atom. The highest BCUT2D eigenvalue weighted by Crippen LogP contribution is 2.27. The van der Waals surface area contributed by atoms with E-state index < -0.39 is 0 Å². The van der Waals surface area contributed by atoms with Crippen molar-refractivity contribution in [3.8, 4) is 0 Å². The van der Waals surface area contributed by atoms with Crippen LogP contribution in [0.2, 0.25) is 0 Å². The normalized spacial score (nSPS) is 14.7. The number of nitrogens with one attached hydrogen (secondary N) is 2. The monoisotopic (exact) mass is 261 g/mol. The van der Waals surface area contributed by atoms with Gasteiger partial charge in [-0.25, -0.2) is 9.78 Å². The first-order valence-electron chi connectivity index (χ1n) is 6.13. The van der Waals surface area contributed by atoms with Crippen molar-refractivity contribution in [3.05, 3.63) is 23.2 Å². The summed E-state index contributed by atoms with van der Waals surface area (Å²) < 4.78 is 1.15. The minimum Gasteiger partial charge on any atom is -0.338 e. The Kier molecular flexibility index (Phi) is 2.91. The smallest absolute Gasteiger partial charge is 0.319 e. The fourth-order valence-corrected chi connectivity index (χ4v) is 2.66. The predicted octanol–water partition coefficient (Wildman–Crippen LogP) is 3.14. The second-order valence-corrected chi connectivity index (χ2v) is 5.93. The van der Waals surface area contributed by atoms with Crippen molar-refractivity contribution in [2.75, 3.05) is 11.9 Å². The van der Waals surface area contributed by atoms with Crippen LogP contribution in [0, 0.1) is 12.8 Å². The zero-order valence-corrected chi connectivity index (χ0v) is 11.0. The average molecular weight is 261 g/mol. The molecule has 0 radical (unpaired) electrons. The topological polar surface area (TPSA) is 54.0 Å². The molecular formula is C13H15N3OS. The molecule has 4 nitrogen and oxygen atoms in total. The number of carbonyl (C=O) groups excluding carboxylic acids is 1. The third-order valence-electron chi connectivity index (χ3n) is 3.00. The molecule has 5 heteroatoms. The maximum atomic E-state index is 11.6. The molecule has 0 spiro atoms. The molecule has 2 aromatic rings. The number of rotatable bonds is 3. The summed E-state index contributed by atoms with van der Waals surface area (Å²) in [6, 6.07) is 5.69. The molecule has 2 amide bonds. The minimum absolute atomic E-state index is 0.131. The number of carbonyl (C=O) groups is 1. The van der Waals surface area contributed by atoms with Crippen LogP contribution in [0.4, 0.5) is 10.5 Å². The van der Waals surface area contributed by atoms with Crippen molar-refractivity contribution < 1.29 is 4.79 Å². The lowest BCUT2D eigenvalue weighted by molar-refractivity contribution is 0.251. The first kappa shape index (κ1) is 11.5. The summed E-state index contributed by atoms with van der Waals surface area (Å²) in [5.74, 6) is 0.694. The minimum atomic E-state index is -0.131. The summed E-state index contributed by atoms with van der Waals surface area (Å²) in [5, 5.41) is 6.76. The zero-order valence-electron chi connectivity index (χ0n) is 10.2. The third kappa shape index (κ3) is 2.61. The second kappa shape index (κ2) is 4.57. The number of aryl methyl sites for hydroxylation is 1. The molecule has 0 saturated heterocycles. The number of hydrogen-bond donors (Lipinski definition) is 2. The van der Waals surface area contributed by atoms with E-state index in [1.165, 1.54) is 12.8 Å². The van der Waals surface area contributed by atoms with Crippen LogP contribution in [-0.4, -0.2) is 17.6 Å². The van der Waals surface area contributed by atoms with Crippen LogP contribution < -0.4 is 10.6 Å². The third-order valence-corrected chi connectivity index (χ3v) is 3.95. The number of anilines is 1. The number of urea groups is 1. The number of thiazole rings is 1. The average Bonchev–Trinajstić information content (AvgIpc) is 3.08. The Bertz CT molecular complexity index is 589. The van der Waals surface area contributed by atoms with E-state index in [2.05, 4.69) is 15.6 Å². The molecule has 2 N–H and O–H groups in total. The van der Waals surface area contributed by atoms with Crippen LogP contribution in [0.15, 0.2) is 18.2 Å². The SMILES string of the molecule is Cc1nc2cc(NC(=O)NCC3CC3)ccc2s1. The molecule has 0 atom stereocenters. The standard InChI is InChI=1S/C13H15N3OS/c1-8-15-11-6-10(4-5-12(11)18-8)16-13(17)14-7-9-2-3-9/h4-6,9H,2-3,7H2,1H3,(H2,14,16,17). The van der Waals surface area contributed by atoms with Gasteiger partial charge in [0.25, 0.3) is 0 Å². The molecule has 18 heavy (non-hydrogen) atoms. The highest BCUT2D eigenvalue weighted by molar-refractivity contribution is 7.18. The van der Waals surface area contributed by atoms with Gasteiger partial charge in [-0.1, -0.05) is 0 Å². The zero-order chi connectivity index (χ0) is 12.5. The van der Waals surface area contributed by atoms with Gasteiger partial charge in [0.2, 0.25) is 0 Å². The lowest BCUT2D eigenvalue weighted by atomic mass is 10.3. The summed E-state index contributed by atoms with van der Waals surface area (Å²) in [7, 11) is 0. The van der Waals surface area contributed by atoms with Crippen LogP contribution in [0.1, 0.15) is 17.8 Å². The molecule has 1 aliphatic rings. The van der Waals surface area contributed by atoms with E-state index in [1.807, 2.05) is 25.1 Å². The van der Waals surface area contributed by atoms with Crippen molar-refractivity contribution in [1.82, 2.24) is 10.3 Å². The molecule has 1 aliphatic carbocycles. The van der Waals surface area contributed by atoms with Crippen molar-refractivity contribution in [3.63, 3.8) is 0 Å². The van der Waals surface area contributed by atoms with E-state index in [0.717, 1.165) is 27.5 Å². The molecule has 1 fully saturated rings. The highest BCUT2D eigenvalue weighted by Gasteiger charge is 2.21. The Hall–Kier alpha value is -1.62. The summed E-state index contributed by atoms with van der Waals surface area (Å²) in [4.78, 5) is 16.1. The fourth-order valence-electron chi connectivity index (χ4n) is 1.85. The maximum absolute atomic E-state index is 11.6. The summed E-state index contributed by atoms with van der Waals surface area (Å²) in [6.45, 7) is 2.77. The number of fused-ring (bicyclic) bond motifs is 1. The van der Waals surface area contributed by atoms with Gasteiger partial charge >= 0.3 is 6.03 Å². The largest absolute Gasteiger partial charge is 0.338 e. The maximum Gasteiger partial charge on any atom is 0.319 e. The van der Waals surface area contributed by atoms with Gasteiger partial charge < -0.3 is 10.6 Å². The lowest BCUT2D eigenvalue weighted by Gasteiger charge is -2.06. The molecule has 1 heterocycles. The Labute approximate surface area is 109 Å². The first-order chi connectivity index (χ1) is 8.70. The van der Waals surface area contributed by atoms with E-state index in [-0.39, 0.29) is 6.03 Å². The number of nitrogens with zero attached hydrogens (tertiary/aromatic N) is 1. The summed E-state index contributed by atoms with van der Waals surface area (Å²) in [6.07, 6.45) is 2.48. The van der Waals surface area contributed by atoms with Crippen LogP contribution in [0.3, 0.4) is 0 Å². The van der Waals surface area contributed by atoms with Gasteiger partial charge in [0, 0.05) is 12.2 Å². The quantitative estimate of drug-likeness (QED) is 0.891. The van der Waals surface area contributed by atoms with Gasteiger partial charge in [0.15, 0.2) is 0 Å². The summed E-state index contributed by atoms with van der Waals surface area (Å²) in [5.41, 5.74) is 1.73. The van der Waals surface area contributed by atoms with Gasteiger partial charge in [-0.05, 0) is 43.9 Å². The van der Waals surface area contributed by atoms with E-state index in [4.69, 9.17) is 0 Å². The number of amides is 2. The van der Waals surface area contributed by atoms with Crippen molar-refractivity contribution in [2.45, 2.75) is 19.8 Å². The van der Waals surface area contributed by atoms with Crippen LogP contribution in [-0.2, 0) is 0 Å². The number of hydrogen-bond acceptors (Lipinski definition) is 3. The predicted molar refractivity (Wildman–Crippen MR) is 74.1 cm³/mol. The van der Waals surface area contributed by atoms with E-state index in [0.29, 0.717) is 5.92 Å². The molecule has 0 bridgehead atoms. The van der Waals surface area contributed by atoms with Gasteiger partial charge in [0.05, 0.1) is 15.2 Å². The molecule has 94 valence electrons. The number of benzene rings is 1. The molecule has 1 aromatic heterocycles. The summed E-state index contributed by atoms with van der Waals surface area (Å²) >= 11 is 1.66. The van der Waals surface area contributed by atoms with E-state index in [1.54, 1.807) is 11.3 Å². The van der Waals surface area contributed by atoms with Crippen molar-refractivity contribution >= 4 is 33.3 Å². The van der Waals surface area contributed by atoms with Crippen LogP contribution in [0.25, 0.3) is 10.2 Å². The lowest BCUT2D eigenvalue weighted by Crippen LogP contribution is -2.30. The Morgan fingerprint density at radius 3 is 3.11 bits per heavy atom. The molecule has 3 rings (SSSR count). The molecule has 1 saturated carbocycles. The van der Waals surface area contributed by atoms with Crippen LogP contribution >= 0.6 is 11.3 Å². The van der Waals surface area contributed by atoms with E-state index in [9.17, 15) is 4.79 Å². The molecular weight excluding hydrogens is 246 g/mol. The Balaban J connectivity index is 1.67. The second-order valence-electron chi connectivity index (χ2n) is 4.69. The molecule has 0 unspecified atom stereocenters. The van der Waals surface area contributed by atoms with Gasteiger partial charge in [-0.2, -0.15) is 0 Å². The highest BCUT2D eigenvalue weighted by atomic mass is 32.1. The molecule has 0 aliphatic heterocycles.